The molecular formula is C42H47N3O10. The van der Waals surface area contributed by atoms with E-state index >= 15 is 0 Å². The Morgan fingerprint density at radius 1 is 0.600 bits per heavy atom. The highest BCUT2D eigenvalue weighted by Crippen LogP contribution is 2.44. The third kappa shape index (κ3) is 8.61. The van der Waals surface area contributed by atoms with Crippen molar-refractivity contribution < 1.29 is 47.2 Å². The van der Waals surface area contributed by atoms with Crippen LogP contribution < -0.4 is 48.5 Å². The van der Waals surface area contributed by atoms with Gasteiger partial charge in [-0.25, -0.2) is 0 Å². The van der Waals surface area contributed by atoms with Gasteiger partial charge in [-0.15, -0.1) is 0 Å². The summed E-state index contributed by atoms with van der Waals surface area (Å²) in [5.74, 6) is 4.69. The first-order valence-corrected chi connectivity index (χ1v) is 18.0. The number of anilines is 1. The van der Waals surface area contributed by atoms with Crippen molar-refractivity contribution >= 4 is 11.6 Å². The smallest absolute Gasteiger partial charge is 0.255 e. The van der Waals surface area contributed by atoms with Crippen molar-refractivity contribution in [1.29, 1.82) is 0 Å². The average Bonchev–Trinajstić information content (AvgIpc) is 3.72. The number of benzene rings is 4. The summed E-state index contributed by atoms with van der Waals surface area (Å²) in [6.07, 6.45) is 3.20. The van der Waals surface area contributed by atoms with Gasteiger partial charge in [-0.2, -0.15) is 0 Å². The zero-order valence-electron chi connectivity index (χ0n) is 32.2. The molecule has 13 nitrogen and oxygen atoms in total. The van der Waals surface area contributed by atoms with Gasteiger partial charge in [0.2, 0.25) is 11.5 Å². The Hall–Kier alpha value is -6.24. The second kappa shape index (κ2) is 17.7. The quantitative estimate of drug-likeness (QED) is 0.0833. The largest absolute Gasteiger partial charge is 0.493 e. The summed E-state index contributed by atoms with van der Waals surface area (Å²) in [6, 6.07) is 20.6. The van der Waals surface area contributed by atoms with Crippen molar-refractivity contribution in [2.24, 2.45) is 0 Å². The molecule has 2 heterocycles. The van der Waals surface area contributed by atoms with Gasteiger partial charge < -0.3 is 53.1 Å². The third-order valence-electron chi connectivity index (χ3n) is 9.27. The van der Waals surface area contributed by atoms with Crippen LogP contribution in [0.15, 0.2) is 71.3 Å². The summed E-state index contributed by atoms with van der Waals surface area (Å²) in [7, 11) is 9.46. The molecule has 0 aliphatic carbocycles. The summed E-state index contributed by atoms with van der Waals surface area (Å²) in [5, 5.41) is 10.7. The molecule has 0 bridgehead atoms. The Labute approximate surface area is 320 Å². The van der Waals surface area contributed by atoms with E-state index in [4.69, 9.17) is 42.4 Å². The van der Waals surface area contributed by atoms with Crippen molar-refractivity contribution in [2.45, 2.75) is 38.8 Å². The molecule has 0 spiro atoms. The maximum absolute atomic E-state index is 12.7. The standard InChI is InChI=1S/C42H47N3O10/c1-25-12-14-30-29(18-25)42(46)44-41(43-30)26-13-15-32(34(19-26)47-2)53-16-10-8-9-11-17-54-40-37(50-5)22-28(23-38(40)51-6)33-24-31(45-55-33)27-20-35(48-3)39(52-7)36(21-27)49-4/h12-15,18-24,41,43H,8-11,16-17H2,1-7H3,(H,44,46). The number of hydrogen-bond acceptors (Lipinski definition) is 12. The highest BCUT2D eigenvalue weighted by molar-refractivity contribution is 6.02. The number of unbranched alkanes of at least 4 members (excludes halogenated alkanes) is 3. The Morgan fingerprint density at radius 2 is 1.22 bits per heavy atom. The fourth-order valence-corrected chi connectivity index (χ4v) is 6.38. The van der Waals surface area contributed by atoms with E-state index in [1.54, 1.807) is 42.7 Å². The van der Waals surface area contributed by atoms with E-state index in [0.717, 1.165) is 48.1 Å². The summed E-state index contributed by atoms with van der Waals surface area (Å²) >= 11 is 0. The van der Waals surface area contributed by atoms with Gasteiger partial charge in [0.05, 0.1) is 61.4 Å². The molecule has 4 aromatic carbocycles. The Bertz CT molecular complexity index is 2060. The molecule has 1 aliphatic heterocycles. The molecule has 1 aliphatic rings. The maximum Gasteiger partial charge on any atom is 0.255 e. The lowest BCUT2D eigenvalue weighted by atomic mass is 10.0. The van der Waals surface area contributed by atoms with E-state index < -0.39 is 0 Å². The van der Waals surface area contributed by atoms with Gasteiger partial charge >= 0.3 is 0 Å². The molecule has 1 amide bonds. The number of carbonyl (C=O) groups excluding carboxylic acids is 1. The highest BCUT2D eigenvalue weighted by atomic mass is 16.5. The van der Waals surface area contributed by atoms with Crippen LogP contribution >= 0.6 is 0 Å². The third-order valence-corrected chi connectivity index (χ3v) is 9.27. The first kappa shape index (κ1) is 38.5. The number of nitrogens with one attached hydrogen (secondary N) is 2. The molecule has 55 heavy (non-hydrogen) atoms. The van der Waals surface area contributed by atoms with Gasteiger partial charge in [0.1, 0.15) is 11.9 Å². The molecule has 1 atom stereocenters. The van der Waals surface area contributed by atoms with Gasteiger partial charge in [0.25, 0.3) is 5.91 Å². The number of methoxy groups -OCH3 is 6. The first-order chi connectivity index (χ1) is 26.8. The lowest BCUT2D eigenvalue weighted by molar-refractivity contribution is 0.0935. The van der Waals surface area contributed by atoms with Gasteiger partial charge in [-0.1, -0.05) is 22.9 Å². The van der Waals surface area contributed by atoms with E-state index in [0.29, 0.717) is 81.8 Å². The summed E-state index contributed by atoms with van der Waals surface area (Å²) < 4.78 is 51.4. The molecule has 0 fully saturated rings. The molecule has 1 unspecified atom stereocenters. The van der Waals surface area contributed by atoms with Crippen LogP contribution in [0.5, 0.6) is 46.0 Å². The van der Waals surface area contributed by atoms with Crippen LogP contribution in [0.25, 0.3) is 22.6 Å². The predicted molar refractivity (Wildman–Crippen MR) is 208 cm³/mol. The number of hydrogen-bond donors (Lipinski definition) is 2. The van der Waals surface area contributed by atoms with Crippen molar-refractivity contribution in [2.75, 3.05) is 61.2 Å². The Balaban J connectivity index is 0.992. The lowest BCUT2D eigenvalue weighted by Gasteiger charge is -2.28. The molecule has 5 aromatic rings. The minimum Gasteiger partial charge on any atom is -0.493 e. The van der Waals surface area contributed by atoms with Crippen LogP contribution in [0.4, 0.5) is 5.69 Å². The molecule has 13 heteroatoms. The number of nitrogens with zero attached hydrogens (tertiary/aromatic N) is 1. The van der Waals surface area contributed by atoms with E-state index in [9.17, 15) is 4.79 Å². The first-order valence-electron chi connectivity index (χ1n) is 18.0. The SMILES string of the molecule is COc1cc(C2NC(=O)c3cc(C)ccc3N2)ccc1OCCCCCCOc1c(OC)cc(-c2cc(-c3cc(OC)c(OC)c(OC)c3)no2)cc1OC. The Morgan fingerprint density at radius 3 is 1.85 bits per heavy atom. The average molecular weight is 754 g/mol. The summed E-state index contributed by atoms with van der Waals surface area (Å²) in [4.78, 5) is 12.7. The van der Waals surface area contributed by atoms with Crippen molar-refractivity contribution in [1.82, 2.24) is 10.5 Å². The second-order valence-electron chi connectivity index (χ2n) is 12.8. The van der Waals surface area contributed by atoms with E-state index in [1.807, 2.05) is 73.7 Å². The molecular weight excluding hydrogens is 706 g/mol. The van der Waals surface area contributed by atoms with E-state index in [-0.39, 0.29) is 12.1 Å². The predicted octanol–water partition coefficient (Wildman–Crippen LogP) is 8.24. The molecule has 290 valence electrons. The van der Waals surface area contributed by atoms with Crippen LogP contribution in [-0.2, 0) is 0 Å². The molecule has 6 rings (SSSR count). The Kier molecular flexibility index (Phi) is 12.4. The summed E-state index contributed by atoms with van der Waals surface area (Å²) in [6.45, 7) is 2.98. The number of ether oxygens (including phenoxy) is 8. The van der Waals surface area contributed by atoms with Gasteiger partial charge in [0.15, 0.2) is 40.3 Å². The van der Waals surface area contributed by atoms with Crippen LogP contribution in [-0.4, -0.2) is 66.9 Å². The zero-order valence-corrected chi connectivity index (χ0v) is 32.2. The fraction of sp³-hybridized carbons (Fsp3) is 0.333. The minimum atomic E-state index is -0.381. The van der Waals surface area contributed by atoms with Crippen LogP contribution in [0.3, 0.4) is 0 Å². The summed E-state index contributed by atoms with van der Waals surface area (Å²) in [5.41, 5.74) is 5.35. The van der Waals surface area contributed by atoms with Gasteiger partial charge in [-0.3, -0.25) is 4.79 Å². The van der Waals surface area contributed by atoms with Crippen molar-refractivity contribution in [3.63, 3.8) is 0 Å². The topological polar surface area (TPSA) is 141 Å². The molecule has 1 aromatic heterocycles. The minimum absolute atomic E-state index is 0.115. The number of rotatable bonds is 18. The molecule has 2 N–H and O–H groups in total. The van der Waals surface area contributed by atoms with E-state index in [1.165, 1.54) is 0 Å². The van der Waals surface area contributed by atoms with Crippen LogP contribution in [0.2, 0.25) is 0 Å². The number of aryl methyl sites for hydroxylation is 1. The van der Waals surface area contributed by atoms with Crippen molar-refractivity contribution in [3.05, 3.63) is 83.4 Å². The van der Waals surface area contributed by atoms with E-state index in [2.05, 4.69) is 15.8 Å². The van der Waals surface area contributed by atoms with Crippen molar-refractivity contribution in [3.8, 4) is 68.6 Å². The van der Waals surface area contributed by atoms with Crippen LogP contribution in [0, 0.1) is 6.92 Å². The monoisotopic (exact) mass is 753 g/mol. The highest BCUT2D eigenvalue weighted by Gasteiger charge is 2.26. The maximum atomic E-state index is 12.7. The molecule has 0 saturated heterocycles. The van der Waals surface area contributed by atoms with Gasteiger partial charge in [0, 0.05) is 22.9 Å². The number of fused-ring (bicyclic) bond motifs is 1. The lowest BCUT2D eigenvalue weighted by Crippen LogP contribution is -2.38. The number of aromatic nitrogens is 1. The zero-order chi connectivity index (χ0) is 38.9. The fourth-order valence-electron chi connectivity index (χ4n) is 6.38. The molecule has 0 radical (unpaired) electrons. The van der Waals surface area contributed by atoms with Crippen LogP contribution in [0.1, 0.15) is 53.3 Å². The number of carbonyl (C=O) groups is 1. The van der Waals surface area contributed by atoms with Gasteiger partial charge in [-0.05, 0) is 86.7 Å². The molecule has 0 saturated carbocycles. The second-order valence-corrected chi connectivity index (χ2v) is 12.8. The number of amides is 1. The normalized spacial score (nSPS) is 13.2.